The summed E-state index contributed by atoms with van der Waals surface area (Å²) >= 11 is 0. The minimum atomic E-state index is -0.445. The average Bonchev–Trinajstić information content (AvgIpc) is 2.84. The molecule has 1 fully saturated rings. The van der Waals surface area contributed by atoms with E-state index in [9.17, 15) is 9.90 Å². The fraction of sp³-hybridized carbons (Fsp3) is 0.562. The van der Waals surface area contributed by atoms with Gasteiger partial charge in [-0.25, -0.2) is 0 Å². The van der Waals surface area contributed by atoms with Crippen LogP contribution >= 0.6 is 0 Å². The molecule has 2 rings (SSSR count). The fourth-order valence-electron chi connectivity index (χ4n) is 2.72. The smallest absolute Gasteiger partial charge is 0.236 e. The summed E-state index contributed by atoms with van der Waals surface area (Å²) in [5.74, 6) is -0.112. The van der Waals surface area contributed by atoms with Crippen molar-refractivity contribution in [3.05, 3.63) is 35.9 Å². The maximum absolute atomic E-state index is 11.8. The number of carbonyl (C=O) groups excluding carboxylic acids is 1. The first-order chi connectivity index (χ1) is 10.1. The summed E-state index contributed by atoms with van der Waals surface area (Å²) in [7, 11) is 0. The molecule has 1 aliphatic heterocycles. The fourth-order valence-corrected chi connectivity index (χ4v) is 2.72. The molecule has 1 aromatic carbocycles. The number of nitrogens with two attached hydrogens (primary N) is 1. The third-order valence-electron chi connectivity index (χ3n) is 4.02. The number of amides is 1. The van der Waals surface area contributed by atoms with Gasteiger partial charge in [0.05, 0.1) is 12.1 Å². The molecule has 0 spiro atoms. The van der Waals surface area contributed by atoms with E-state index in [2.05, 4.69) is 22.3 Å². The second-order valence-corrected chi connectivity index (χ2v) is 5.72. The molecule has 116 valence electrons. The Hall–Kier alpha value is -1.43. The van der Waals surface area contributed by atoms with E-state index in [0.717, 1.165) is 6.54 Å². The lowest BCUT2D eigenvalue weighted by atomic mass is 10.1. The largest absolute Gasteiger partial charge is 0.392 e. The van der Waals surface area contributed by atoms with Gasteiger partial charge in [0.15, 0.2) is 0 Å². The van der Waals surface area contributed by atoms with E-state index >= 15 is 0 Å². The molecular formula is C16H25N3O2. The number of β-amino-alcohol motifs (C(OH)–C–C–N with tert-alkyl or cyclic N) is 1. The predicted octanol–water partition coefficient (Wildman–Crippen LogP) is 0.475. The van der Waals surface area contributed by atoms with Gasteiger partial charge in [0.2, 0.25) is 5.91 Å². The van der Waals surface area contributed by atoms with Crippen LogP contribution in [0.1, 0.15) is 25.3 Å². The van der Waals surface area contributed by atoms with Crippen molar-refractivity contribution in [2.75, 3.05) is 13.1 Å². The molecule has 0 aliphatic carbocycles. The number of hydrogen-bond acceptors (Lipinski definition) is 4. The standard InChI is InChI=1S/C16H25N3O2/c1-2-15(17)16(21)18-9-13-8-14(20)11-19(13)10-12-6-4-3-5-7-12/h3-7,13-15,20H,2,8-11,17H2,1H3,(H,18,21). The second-order valence-electron chi connectivity index (χ2n) is 5.72. The Morgan fingerprint density at radius 2 is 2.19 bits per heavy atom. The summed E-state index contributed by atoms with van der Waals surface area (Å²) in [6.45, 7) is 3.87. The number of aliphatic hydroxyl groups is 1. The molecule has 1 saturated heterocycles. The number of hydrogen-bond donors (Lipinski definition) is 3. The van der Waals surface area contributed by atoms with Crippen LogP contribution in [0.25, 0.3) is 0 Å². The van der Waals surface area contributed by atoms with E-state index in [0.29, 0.717) is 25.9 Å². The number of likely N-dealkylation sites (tertiary alicyclic amines) is 1. The Kier molecular flexibility index (Phi) is 5.73. The summed E-state index contributed by atoms with van der Waals surface area (Å²) in [4.78, 5) is 14.0. The summed E-state index contributed by atoms with van der Waals surface area (Å²) in [5, 5.41) is 12.8. The van der Waals surface area contributed by atoms with E-state index in [-0.39, 0.29) is 18.1 Å². The van der Waals surface area contributed by atoms with Gasteiger partial charge >= 0.3 is 0 Å². The van der Waals surface area contributed by atoms with Crippen LogP contribution in [-0.2, 0) is 11.3 Å². The molecule has 0 saturated carbocycles. The molecule has 21 heavy (non-hydrogen) atoms. The van der Waals surface area contributed by atoms with Crippen LogP contribution in [-0.4, -0.2) is 47.2 Å². The Morgan fingerprint density at radius 3 is 2.86 bits per heavy atom. The summed E-state index contributed by atoms with van der Waals surface area (Å²) in [5.41, 5.74) is 6.93. The maximum Gasteiger partial charge on any atom is 0.236 e. The van der Waals surface area contributed by atoms with Gasteiger partial charge in [-0.1, -0.05) is 37.3 Å². The van der Waals surface area contributed by atoms with Gasteiger partial charge < -0.3 is 16.2 Å². The minimum absolute atomic E-state index is 0.112. The average molecular weight is 291 g/mol. The SMILES string of the molecule is CCC(N)C(=O)NCC1CC(O)CN1Cc1ccccc1. The number of benzene rings is 1. The van der Waals surface area contributed by atoms with Crippen molar-refractivity contribution < 1.29 is 9.90 Å². The second kappa shape index (κ2) is 7.54. The van der Waals surface area contributed by atoms with Crippen LogP contribution in [0.3, 0.4) is 0 Å². The molecule has 0 radical (unpaired) electrons. The van der Waals surface area contributed by atoms with E-state index in [1.54, 1.807) is 0 Å². The van der Waals surface area contributed by atoms with Crippen molar-refractivity contribution >= 4 is 5.91 Å². The van der Waals surface area contributed by atoms with Crippen LogP contribution < -0.4 is 11.1 Å². The van der Waals surface area contributed by atoms with Crippen molar-refractivity contribution in [3.8, 4) is 0 Å². The summed E-state index contributed by atoms with van der Waals surface area (Å²) in [6, 6.07) is 9.89. The molecule has 5 nitrogen and oxygen atoms in total. The van der Waals surface area contributed by atoms with Crippen LogP contribution in [0.2, 0.25) is 0 Å². The first kappa shape index (κ1) is 15.9. The molecule has 5 heteroatoms. The summed E-state index contributed by atoms with van der Waals surface area (Å²) in [6.07, 6.45) is 0.997. The lowest BCUT2D eigenvalue weighted by Crippen LogP contribution is -2.45. The van der Waals surface area contributed by atoms with Crippen LogP contribution in [0, 0.1) is 0 Å². The first-order valence-electron chi connectivity index (χ1n) is 7.59. The zero-order chi connectivity index (χ0) is 15.2. The third kappa shape index (κ3) is 4.52. The molecule has 0 aromatic heterocycles. The zero-order valence-electron chi connectivity index (χ0n) is 12.5. The van der Waals surface area contributed by atoms with Gasteiger partial charge in [-0.2, -0.15) is 0 Å². The van der Waals surface area contributed by atoms with Crippen molar-refractivity contribution in [3.63, 3.8) is 0 Å². The lowest BCUT2D eigenvalue weighted by Gasteiger charge is -2.25. The number of nitrogens with zero attached hydrogens (tertiary/aromatic N) is 1. The number of aliphatic hydroxyl groups excluding tert-OH is 1. The van der Waals surface area contributed by atoms with Crippen molar-refractivity contribution in [2.24, 2.45) is 5.73 Å². The normalized spacial score (nSPS) is 24.0. The van der Waals surface area contributed by atoms with Gasteiger partial charge in [-0.15, -0.1) is 0 Å². The van der Waals surface area contributed by atoms with E-state index < -0.39 is 6.04 Å². The molecule has 1 aromatic rings. The van der Waals surface area contributed by atoms with E-state index in [1.807, 2.05) is 25.1 Å². The van der Waals surface area contributed by atoms with E-state index in [1.165, 1.54) is 5.56 Å². The van der Waals surface area contributed by atoms with Gasteiger partial charge in [0.25, 0.3) is 0 Å². The molecule has 0 bridgehead atoms. The Balaban J connectivity index is 1.89. The Bertz CT molecular complexity index is 452. The quantitative estimate of drug-likeness (QED) is 0.712. The lowest BCUT2D eigenvalue weighted by molar-refractivity contribution is -0.122. The first-order valence-corrected chi connectivity index (χ1v) is 7.59. The van der Waals surface area contributed by atoms with Gasteiger partial charge in [-0.05, 0) is 18.4 Å². The van der Waals surface area contributed by atoms with Gasteiger partial charge in [-0.3, -0.25) is 9.69 Å². The topological polar surface area (TPSA) is 78.6 Å². The van der Waals surface area contributed by atoms with Gasteiger partial charge in [0.1, 0.15) is 0 Å². The molecule has 3 atom stereocenters. The van der Waals surface area contributed by atoms with Crippen LogP contribution in [0.15, 0.2) is 30.3 Å². The van der Waals surface area contributed by atoms with Crippen molar-refractivity contribution in [2.45, 2.75) is 44.5 Å². The van der Waals surface area contributed by atoms with Crippen molar-refractivity contribution in [1.82, 2.24) is 10.2 Å². The van der Waals surface area contributed by atoms with E-state index in [4.69, 9.17) is 5.73 Å². The molecule has 3 unspecified atom stereocenters. The summed E-state index contributed by atoms with van der Waals surface area (Å²) < 4.78 is 0. The van der Waals surface area contributed by atoms with Gasteiger partial charge in [0, 0.05) is 25.7 Å². The molecular weight excluding hydrogens is 266 g/mol. The molecule has 1 amide bonds. The maximum atomic E-state index is 11.8. The minimum Gasteiger partial charge on any atom is -0.392 e. The highest BCUT2D eigenvalue weighted by Crippen LogP contribution is 2.20. The highest BCUT2D eigenvalue weighted by atomic mass is 16.3. The molecule has 1 aliphatic rings. The number of carbonyl (C=O) groups is 1. The predicted molar refractivity (Wildman–Crippen MR) is 82.5 cm³/mol. The number of nitrogens with one attached hydrogen (secondary N) is 1. The Morgan fingerprint density at radius 1 is 1.48 bits per heavy atom. The number of rotatable bonds is 6. The van der Waals surface area contributed by atoms with Crippen molar-refractivity contribution in [1.29, 1.82) is 0 Å². The zero-order valence-corrected chi connectivity index (χ0v) is 12.5. The Labute approximate surface area is 126 Å². The van der Waals surface area contributed by atoms with Crippen LogP contribution in [0.5, 0.6) is 0 Å². The van der Waals surface area contributed by atoms with Crippen LogP contribution in [0.4, 0.5) is 0 Å². The molecule has 1 heterocycles. The highest BCUT2D eigenvalue weighted by molar-refractivity contribution is 5.81. The third-order valence-corrected chi connectivity index (χ3v) is 4.02. The molecule has 4 N–H and O–H groups in total. The monoisotopic (exact) mass is 291 g/mol. The highest BCUT2D eigenvalue weighted by Gasteiger charge is 2.31.